The fraction of sp³-hybridized carbons (Fsp3) is 0.133. The molecule has 4 heteroatoms. The number of H-pyrrole nitrogens is 1. The molecule has 0 saturated heterocycles. The topological polar surface area (TPSA) is 49.2 Å². The molecule has 0 amide bonds. The van der Waals surface area contributed by atoms with Gasteiger partial charge in [-0.05, 0) is 42.4 Å². The summed E-state index contributed by atoms with van der Waals surface area (Å²) in [6, 6.07) is 13.4. The van der Waals surface area contributed by atoms with Crippen LogP contribution in [0.1, 0.15) is 22.8 Å². The second kappa shape index (κ2) is 4.64. The third-order valence-corrected chi connectivity index (χ3v) is 3.34. The lowest BCUT2D eigenvalue weighted by Crippen LogP contribution is -1.99. The first-order chi connectivity index (χ1) is 9.13. The van der Waals surface area contributed by atoms with Gasteiger partial charge in [-0.1, -0.05) is 35.9 Å². The number of fused-ring (bicyclic) bond motifs is 1. The number of hydrogen-bond donors (Lipinski definition) is 2. The molecule has 0 spiro atoms. The number of hydrogen-bond acceptors (Lipinski definition) is 3. The molecule has 3 nitrogen and oxygen atoms in total. The van der Waals surface area contributed by atoms with Gasteiger partial charge in [-0.3, -0.25) is 0 Å². The van der Waals surface area contributed by atoms with Crippen LogP contribution < -0.4 is 0 Å². The standard InChI is InChI=1S/C15H13NO2S/c1-9-2-4-10(5-3-9)14(17)11-6-7-12-13(8-11)18-15(19)16-12/h2-8,14,17H,1H3,(H,16,19). The zero-order valence-corrected chi connectivity index (χ0v) is 11.2. The maximum Gasteiger partial charge on any atom is 0.266 e. The number of benzene rings is 2. The van der Waals surface area contributed by atoms with Crippen molar-refractivity contribution in [3.8, 4) is 0 Å². The molecule has 2 N–H and O–H groups in total. The third kappa shape index (κ3) is 2.32. The number of aromatic amines is 1. The van der Waals surface area contributed by atoms with Gasteiger partial charge in [0.1, 0.15) is 6.10 Å². The van der Waals surface area contributed by atoms with E-state index < -0.39 is 6.10 Å². The van der Waals surface area contributed by atoms with Crippen molar-refractivity contribution < 1.29 is 9.52 Å². The number of aromatic nitrogens is 1. The molecule has 19 heavy (non-hydrogen) atoms. The summed E-state index contributed by atoms with van der Waals surface area (Å²) in [6.07, 6.45) is -0.663. The fourth-order valence-corrected chi connectivity index (χ4v) is 2.27. The number of rotatable bonds is 2. The Bertz CT molecular complexity index is 771. The van der Waals surface area contributed by atoms with Crippen molar-refractivity contribution in [2.75, 3.05) is 0 Å². The summed E-state index contributed by atoms with van der Waals surface area (Å²) in [5.74, 6) is 0. The SMILES string of the molecule is Cc1ccc(C(O)c2ccc3[nH]c(=S)oc3c2)cc1. The largest absolute Gasteiger partial charge is 0.429 e. The van der Waals surface area contributed by atoms with Gasteiger partial charge >= 0.3 is 0 Å². The van der Waals surface area contributed by atoms with Gasteiger partial charge in [-0.25, -0.2) is 0 Å². The molecule has 96 valence electrons. The third-order valence-electron chi connectivity index (χ3n) is 3.15. The van der Waals surface area contributed by atoms with Crippen molar-refractivity contribution in [1.29, 1.82) is 0 Å². The van der Waals surface area contributed by atoms with Crippen molar-refractivity contribution >= 4 is 23.3 Å². The van der Waals surface area contributed by atoms with Crippen molar-refractivity contribution in [2.45, 2.75) is 13.0 Å². The maximum atomic E-state index is 10.4. The number of aliphatic hydroxyl groups is 1. The highest BCUT2D eigenvalue weighted by Gasteiger charge is 2.11. The molecule has 0 aliphatic heterocycles. The smallest absolute Gasteiger partial charge is 0.266 e. The molecule has 1 atom stereocenters. The van der Waals surface area contributed by atoms with E-state index in [1.165, 1.54) is 5.56 Å². The minimum Gasteiger partial charge on any atom is -0.429 e. The van der Waals surface area contributed by atoms with Gasteiger partial charge in [-0.2, -0.15) is 0 Å². The Labute approximate surface area is 115 Å². The van der Waals surface area contributed by atoms with Crippen LogP contribution in [0, 0.1) is 11.8 Å². The molecule has 0 radical (unpaired) electrons. The van der Waals surface area contributed by atoms with E-state index in [-0.39, 0.29) is 0 Å². The predicted molar refractivity (Wildman–Crippen MR) is 76.6 cm³/mol. The van der Waals surface area contributed by atoms with Crippen molar-refractivity contribution in [3.05, 3.63) is 64.0 Å². The Morgan fingerprint density at radius 1 is 1.11 bits per heavy atom. The Hall–Kier alpha value is -1.91. The summed E-state index contributed by atoms with van der Waals surface area (Å²) >= 11 is 4.94. The first-order valence-corrected chi connectivity index (χ1v) is 6.42. The molecule has 0 fully saturated rings. The van der Waals surface area contributed by atoms with Crippen molar-refractivity contribution in [1.82, 2.24) is 4.98 Å². The van der Waals surface area contributed by atoms with E-state index in [1.807, 2.05) is 49.4 Å². The molecule has 0 saturated carbocycles. The van der Waals surface area contributed by atoms with Gasteiger partial charge in [0.25, 0.3) is 4.84 Å². The average molecular weight is 271 g/mol. The van der Waals surface area contributed by atoms with E-state index >= 15 is 0 Å². The lowest BCUT2D eigenvalue weighted by Gasteiger charge is -2.11. The molecule has 2 aromatic carbocycles. The van der Waals surface area contributed by atoms with Crippen molar-refractivity contribution in [2.24, 2.45) is 0 Å². The van der Waals surface area contributed by atoms with Gasteiger partial charge in [0.05, 0.1) is 5.52 Å². The highest BCUT2D eigenvalue weighted by molar-refractivity contribution is 7.71. The summed E-state index contributed by atoms with van der Waals surface area (Å²) in [6.45, 7) is 2.02. The van der Waals surface area contributed by atoms with E-state index in [0.29, 0.717) is 10.4 Å². The van der Waals surface area contributed by atoms with Crippen LogP contribution in [0.25, 0.3) is 11.1 Å². The van der Waals surface area contributed by atoms with Gasteiger partial charge in [0.15, 0.2) is 5.58 Å². The average Bonchev–Trinajstić information content (AvgIpc) is 2.77. The minimum atomic E-state index is -0.663. The molecular formula is C15H13NO2S. The molecular weight excluding hydrogens is 258 g/mol. The Balaban J connectivity index is 2.03. The van der Waals surface area contributed by atoms with Crippen LogP contribution in [0.5, 0.6) is 0 Å². The summed E-state index contributed by atoms with van der Waals surface area (Å²) < 4.78 is 5.36. The number of aliphatic hydroxyl groups excluding tert-OH is 1. The summed E-state index contributed by atoms with van der Waals surface area (Å²) in [5, 5.41) is 10.4. The molecule has 3 rings (SSSR count). The quantitative estimate of drug-likeness (QED) is 0.695. The van der Waals surface area contributed by atoms with E-state index in [9.17, 15) is 5.11 Å². The molecule has 1 heterocycles. The van der Waals surface area contributed by atoms with Crippen LogP contribution in [-0.2, 0) is 0 Å². The molecule has 0 aliphatic carbocycles. The molecule has 3 aromatic rings. The second-order valence-corrected chi connectivity index (χ2v) is 4.95. The Morgan fingerprint density at radius 2 is 1.79 bits per heavy atom. The van der Waals surface area contributed by atoms with E-state index in [1.54, 1.807) is 0 Å². The zero-order valence-electron chi connectivity index (χ0n) is 10.4. The summed E-state index contributed by atoms with van der Waals surface area (Å²) in [5.41, 5.74) is 4.31. The summed E-state index contributed by atoms with van der Waals surface area (Å²) in [7, 11) is 0. The van der Waals surface area contributed by atoms with E-state index in [0.717, 1.165) is 16.6 Å². The van der Waals surface area contributed by atoms with Gasteiger partial charge in [0.2, 0.25) is 0 Å². The van der Waals surface area contributed by atoms with Gasteiger partial charge in [-0.15, -0.1) is 0 Å². The number of nitrogens with one attached hydrogen (secondary N) is 1. The van der Waals surface area contributed by atoms with E-state index in [4.69, 9.17) is 16.6 Å². The molecule has 1 unspecified atom stereocenters. The van der Waals surface area contributed by atoms with Crippen molar-refractivity contribution in [3.63, 3.8) is 0 Å². The molecule has 0 bridgehead atoms. The van der Waals surface area contributed by atoms with Crippen LogP contribution in [0.15, 0.2) is 46.9 Å². The highest BCUT2D eigenvalue weighted by atomic mass is 32.1. The van der Waals surface area contributed by atoms with Gasteiger partial charge in [0, 0.05) is 0 Å². The number of aryl methyl sites for hydroxylation is 1. The van der Waals surface area contributed by atoms with Gasteiger partial charge < -0.3 is 14.5 Å². The second-order valence-electron chi connectivity index (χ2n) is 4.58. The highest BCUT2D eigenvalue weighted by Crippen LogP contribution is 2.25. The molecule has 1 aromatic heterocycles. The first-order valence-electron chi connectivity index (χ1n) is 6.01. The fourth-order valence-electron chi connectivity index (χ4n) is 2.07. The van der Waals surface area contributed by atoms with E-state index in [2.05, 4.69) is 4.98 Å². The van der Waals surface area contributed by atoms with Crippen LogP contribution in [-0.4, -0.2) is 10.1 Å². The molecule has 0 aliphatic rings. The summed E-state index contributed by atoms with van der Waals surface area (Å²) in [4.78, 5) is 3.28. The maximum absolute atomic E-state index is 10.4. The van der Waals surface area contributed by atoms with Crippen LogP contribution in [0.2, 0.25) is 0 Å². The zero-order chi connectivity index (χ0) is 13.4. The Morgan fingerprint density at radius 3 is 2.53 bits per heavy atom. The monoisotopic (exact) mass is 271 g/mol. The predicted octanol–water partition coefficient (Wildman–Crippen LogP) is 3.88. The Kier molecular flexibility index (Phi) is 2.97. The lowest BCUT2D eigenvalue weighted by atomic mass is 10.0. The lowest BCUT2D eigenvalue weighted by molar-refractivity contribution is 0.220. The normalized spacial score (nSPS) is 12.7. The number of oxazole rings is 1. The minimum absolute atomic E-state index is 0.344. The van der Waals surface area contributed by atoms with Crippen LogP contribution >= 0.6 is 12.2 Å². The first kappa shape index (κ1) is 12.1. The van der Waals surface area contributed by atoms with Crippen LogP contribution in [0.4, 0.5) is 0 Å². The van der Waals surface area contributed by atoms with Crippen LogP contribution in [0.3, 0.4) is 0 Å².